The smallest absolute Gasteiger partial charge is 0.0698 e. The Morgan fingerprint density at radius 3 is 2.29 bits per heavy atom. The second-order valence-electron chi connectivity index (χ2n) is 1.55. The fourth-order valence-corrected chi connectivity index (χ4v) is 0.197. The number of aliphatic hydroxyl groups is 1. The zero-order valence-electron chi connectivity index (χ0n) is 4.46. The predicted molar refractivity (Wildman–Crippen MR) is 29.9 cm³/mol. The van der Waals surface area contributed by atoms with Gasteiger partial charge in [0.05, 0.1) is 6.10 Å². The van der Waals surface area contributed by atoms with Gasteiger partial charge in [0.2, 0.25) is 0 Å². The fourth-order valence-electron chi connectivity index (χ4n) is 0.197. The van der Waals surface area contributed by atoms with Gasteiger partial charge in [0, 0.05) is 6.04 Å². The van der Waals surface area contributed by atoms with Crippen molar-refractivity contribution in [3.05, 3.63) is 12.7 Å². The third kappa shape index (κ3) is 2.37. The SMILES string of the molecule is C=C[C@@H](N)[C@@H](C)O. The van der Waals surface area contributed by atoms with Crippen molar-refractivity contribution in [2.24, 2.45) is 5.73 Å². The van der Waals surface area contributed by atoms with E-state index in [1.54, 1.807) is 6.92 Å². The Morgan fingerprint density at radius 1 is 1.86 bits per heavy atom. The Morgan fingerprint density at radius 2 is 2.29 bits per heavy atom. The van der Waals surface area contributed by atoms with Gasteiger partial charge in [0.1, 0.15) is 0 Å². The summed E-state index contributed by atoms with van der Waals surface area (Å²) in [6.45, 7) is 5.03. The average Bonchev–Trinajstić information content (AvgIpc) is 1.65. The summed E-state index contributed by atoms with van der Waals surface area (Å²) in [5.41, 5.74) is 5.25. The number of hydrogen-bond acceptors (Lipinski definition) is 2. The first-order valence-corrected chi connectivity index (χ1v) is 2.24. The van der Waals surface area contributed by atoms with Crippen LogP contribution in [0.3, 0.4) is 0 Å². The second-order valence-corrected chi connectivity index (χ2v) is 1.55. The number of aliphatic hydroxyl groups excluding tert-OH is 1. The highest BCUT2D eigenvalue weighted by molar-refractivity contribution is 4.85. The normalized spacial score (nSPS) is 18.1. The Bertz CT molecular complexity index is 61.1. The summed E-state index contributed by atoms with van der Waals surface area (Å²) in [5, 5.41) is 8.62. The first-order chi connectivity index (χ1) is 3.18. The van der Waals surface area contributed by atoms with E-state index in [0.717, 1.165) is 0 Å². The third-order valence-corrected chi connectivity index (χ3v) is 0.829. The van der Waals surface area contributed by atoms with Crippen LogP contribution in [0.5, 0.6) is 0 Å². The van der Waals surface area contributed by atoms with E-state index in [1.165, 1.54) is 6.08 Å². The summed E-state index contributed by atoms with van der Waals surface area (Å²) in [6, 6.07) is -0.278. The summed E-state index contributed by atoms with van der Waals surface area (Å²) >= 11 is 0. The average molecular weight is 101 g/mol. The van der Waals surface area contributed by atoms with E-state index in [9.17, 15) is 0 Å². The maximum atomic E-state index is 8.62. The van der Waals surface area contributed by atoms with Crippen molar-refractivity contribution < 1.29 is 5.11 Å². The van der Waals surface area contributed by atoms with Gasteiger partial charge in [0.15, 0.2) is 0 Å². The molecule has 0 heterocycles. The third-order valence-electron chi connectivity index (χ3n) is 0.829. The minimum absolute atomic E-state index is 0.278. The van der Waals surface area contributed by atoms with Crippen LogP contribution in [0.25, 0.3) is 0 Å². The van der Waals surface area contributed by atoms with E-state index in [2.05, 4.69) is 6.58 Å². The van der Waals surface area contributed by atoms with E-state index in [0.29, 0.717) is 0 Å². The summed E-state index contributed by atoms with van der Waals surface area (Å²) < 4.78 is 0. The van der Waals surface area contributed by atoms with E-state index >= 15 is 0 Å². The highest BCUT2D eigenvalue weighted by atomic mass is 16.3. The van der Waals surface area contributed by atoms with Gasteiger partial charge >= 0.3 is 0 Å². The van der Waals surface area contributed by atoms with Crippen molar-refractivity contribution in [3.8, 4) is 0 Å². The van der Waals surface area contributed by atoms with Gasteiger partial charge in [-0.15, -0.1) is 6.58 Å². The Balaban J connectivity index is 3.33. The molecule has 0 aromatic rings. The van der Waals surface area contributed by atoms with Crippen molar-refractivity contribution in [1.82, 2.24) is 0 Å². The summed E-state index contributed by atoms with van der Waals surface area (Å²) in [6.07, 6.45) is 1.04. The molecule has 0 aliphatic rings. The van der Waals surface area contributed by atoms with Crippen LogP contribution in [-0.2, 0) is 0 Å². The molecule has 0 rings (SSSR count). The maximum Gasteiger partial charge on any atom is 0.0698 e. The molecule has 0 radical (unpaired) electrons. The highest BCUT2D eigenvalue weighted by Gasteiger charge is 2.00. The van der Waals surface area contributed by atoms with Crippen molar-refractivity contribution in [3.63, 3.8) is 0 Å². The molecule has 0 fully saturated rings. The van der Waals surface area contributed by atoms with Gasteiger partial charge in [-0.1, -0.05) is 6.08 Å². The Kier molecular flexibility index (Phi) is 2.64. The molecule has 0 bridgehead atoms. The van der Waals surface area contributed by atoms with Crippen LogP contribution in [0.2, 0.25) is 0 Å². The monoisotopic (exact) mass is 101 g/mol. The van der Waals surface area contributed by atoms with Gasteiger partial charge in [-0.05, 0) is 6.92 Å². The van der Waals surface area contributed by atoms with Gasteiger partial charge in [0.25, 0.3) is 0 Å². The molecule has 0 unspecified atom stereocenters. The highest BCUT2D eigenvalue weighted by Crippen LogP contribution is 1.85. The van der Waals surface area contributed by atoms with Crippen molar-refractivity contribution in [2.75, 3.05) is 0 Å². The number of nitrogens with two attached hydrogens (primary N) is 1. The van der Waals surface area contributed by atoms with Gasteiger partial charge in [-0.3, -0.25) is 0 Å². The molecule has 0 saturated heterocycles. The van der Waals surface area contributed by atoms with Crippen LogP contribution in [0.4, 0.5) is 0 Å². The minimum Gasteiger partial charge on any atom is -0.391 e. The molecule has 0 aromatic carbocycles. The lowest BCUT2D eigenvalue weighted by molar-refractivity contribution is 0.180. The molecule has 3 N–H and O–H groups in total. The Labute approximate surface area is 43.6 Å². The van der Waals surface area contributed by atoms with Crippen molar-refractivity contribution in [1.29, 1.82) is 0 Å². The summed E-state index contributed by atoms with van der Waals surface area (Å²) in [7, 11) is 0. The molecule has 0 aromatic heterocycles. The van der Waals surface area contributed by atoms with Crippen LogP contribution < -0.4 is 5.73 Å². The molecule has 2 nitrogen and oxygen atoms in total. The van der Waals surface area contributed by atoms with Crippen LogP contribution in [-0.4, -0.2) is 17.3 Å². The quantitative estimate of drug-likeness (QED) is 0.476. The van der Waals surface area contributed by atoms with E-state index in [-0.39, 0.29) is 6.04 Å². The molecule has 7 heavy (non-hydrogen) atoms. The molecule has 0 aliphatic carbocycles. The van der Waals surface area contributed by atoms with Gasteiger partial charge in [-0.2, -0.15) is 0 Å². The predicted octanol–water partition coefficient (Wildman–Crippen LogP) is -0.120. The first kappa shape index (κ1) is 6.66. The molecular weight excluding hydrogens is 90.1 g/mol. The zero-order chi connectivity index (χ0) is 5.86. The maximum absolute atomic E-state index is 8.62. The van der Waals surface area contributed by atoms with Gasteiger partial charge < -0.3 is 10.8 Å². The lowest BCUT2D eigenvalue weighted by Gasteiger charge is -2.06. The lowest BCUT2D eigenvalue weighted by Crippen LogP contribution is -2.29. The minimum atomic E-state index is -0.475. The summed E-state index contributed by atoms with van der Waals surface area (Å²) in [4.78, 5) is 0. The molecule has 0 saturated carbocycles. The van der Waals surface area contributed by atoms with Crippen LogP contribution >= 0.6 is 0 Å². The largest absolute Gasteiger partial charge is 0.391 e. The number of hydrogen-bond donors (Lipinski definition) is 2. The lowest BCUT2D eigenvalue weighted by atomic mass is 10.2. The molecule has 0 amide bonds. The summed E-state index contributed by atoms with van der Waals surface area (Å²) in [5.74, 6) is 0. The first-order valence-electron chi connectivity index (χ1n) is 2.24. The second kappa shape index (κ2) is 2.77. The van der Waals surface area contributed by atoms with Crippen LogP contribution in [0.1, 0.15) is 6.92 Å². The van der Waals surface area contributed by atoms with E-state index in [1.807, 2.05) is 0 Å². The van der Waals surface area contributed by atoms with Gasteiger partial charge in [-0.25, -0.2) is 0 Å². The molecule has 42 valence electrons. The molecule has 0 spiro atoms. The molecular formula is C5H11NO. The Hall–Kier alpha value is -0.340. The molecule has 2 heteroatoms. The molecule has 0 aliphatic heterocycles. The fraction of sp³-hybridized carbons (Fsp3) is 0.600. The zero-order valence-corrected chi connectivity index (χ0v) is 4.46. The van der Waals surface area contributed by atoms with Crippen LogP contribution in [0.15, 0.2) is 12.7 Å². The van der Waals surface area contributed by atoms with Crippen molar-refractivity contribution >= 4 is 0 Å². The van der Waals surface area contributed by atoms with Crippen molar-refractivity contribution in [2.45, 2.75) is 19.1 Å². The van der Waals surface area contributed by atoms with Crippen LogP contribution in [0, 0.1) is 0 Å². The number of rotatable bonds is 2. The molecule has 2 atom stereocenters. The topological polar surface area (TPSA) is 46.2 Å². The standard InChI is InChI=1S/C5H11NO/c1-3-5(6)4(2)7/h3-5,7H,1,6H2,2H3/t4-,5-/m1/s1. The van der Waals surface area contributed by atoms with E-state index < -0.39 is 6.10 Å². The van der Waals surface area contributed by atoms with E-state index in [4.69, 9.17) is 10.8 Å².